The van der Waals surface area contributed by atoms with Crippen LogP contribution in [0.5, 0.6) is 5.75 Å². The molecule has 106 valence electrons. The second-order valence-electron chi connectivity index (χ2n) is 4.64. The number of nitrogens with two attached hydrogens (primary N) is 1. The summed E-state index contributed by atoms with van der Waals surface area (Å²) in [7, 11) is 0. The van der Waals surface area contributed by atoms with Crippen LogP contribution in [-0.4, -0.2) is 11.0 Å². The highest BCUT2D eigenvalue weighted by atomic mass is 35.5. The number of hydrogen-bond donors (Lipinski definition) is 3. The number of halogens is 2. The minimum absolute atomic E-state index is 0.120. The van der Waals surface area contributed by atoms with Crippen LogP contribution < -0.4 is 11.1 Å². The average Bonchev–Trinajstić information content (AvgIpc) is 2.71. The molecule has 0 fully saturated rings. The molecule has 0 spiro atoms. The Morgan fingerprint density at radius 3 is 2.71 bits per heavy atom. The van der Waals surface area contributed by atoms with Gasteiger partial charge in [-0.25, -0.2) is 0 Å². The molecule has 4 N–H and O–H groups in total. The number of fused-ring (bicyclic) bond motifs is 1. The number of nitrogens with one attached hydrogen (secondary N) is 1. The Balaban J connectivity index is 2.16. The molecule has 0 atom stereocenters. The number of carbonyl (C=O) groups excluding carboxylic acids is 1. The van der Waals surface area contributed by atoms with E-state index in [4.69, 9.17) is 28.9 Å². The van der Waals surface area contributed by atoms with Gasteiger partial charge in [0.05, 0.1) is 10.7 Å². The number of rotatable bonds is 1. The number of phenolic OH excluding ortho intramolecular Hbond substituents is 1. The smallest absolute Gasteiger partial charge is 0.256 e. The summed E-state index contributed by atoms with van der Waals surface area (Å²) in [6.07, 6.45) is 1.55. The molecule has 2 aromatic rings. The van der Waals surface area contributed by atoms with Crippen LogP contribution >= 0.6 is 23.2 Å². The van der Waals surface area contributed by atoms with E-state index in [0.717, 1.165) is 0 Å². The highest BCUT2D eigenvalue weighted by molar-refractivity contribution is 6.37. The molecule has 6 heteroatoms. The van der Waals surface area contributed by atoms with Gasteiger partial charge in [0.15, 0.2) is 0 Å². The zero-order valence-corrected chi connectivity index (χ0v) is 12.2. The lowest BCUT2D eigenvalue weighted by atomic mass is 10.0. The molecule has 2 aromatic carbocycles. The van der Waals surface area contributed by atoms with Crippen molar-refractivity contribution >= 4 is 52.1 Å². The van der Waals surface area contributed by atoms with E-state index in [2.05, 4.69) is 5.32 Å². The summed E-state index contributed by atoms with van der Waals surface area (Å²) in [5, 5.41) is 13.2. The summed E-state index contributed by atoms with van der Waals surface area (Å²) >= 11 is 11.8. The molecule has 0 bridgehead atoms. The maximum atomic E-state index is 12.1. The molecule has 0 radical (unpaired) electrons. The molecule has 0 unspecified atom stereocenters. The fourth-order valence-corrected chi connectivity index (χ4v) is 2.72. The maximum Gasteiger partial charge on any atom is 0.256 e. The van der Waals surface area contributed by atoms with Crippen molar-refractivity contribution in [2.45, 2.75) is 0 Å². The van der Waals surface area contributed by atoms with Gasteiger partial charge in [0.2, 0.25) is 0 Å². The summed E-state index contributed by atoms with van der Waals surface area (Å²) < 4.78 is 0. The first-order chi connectivity index (χ1) is 9.95. The third kappa shape index (κ3) is 2.44. The topological polar surface area (TPSA) is 75.3 Å². The first-order valence-corrected chi connectivity index (χ1v) is 6.82. The molecular formula is C15H10Cl2N2O2. The van der Waals surface area contributed by atoms with E-state index in [-0.39, 0.29) is 16.7 Å². The first-order valence-electron chi connectivity index (χ1n) is 6.06. The van der Waals surface area contributed by atoms with Crippen molar-refractivity contribution < 1.29 is 9.90 Å². The third-order valence-corrected chi connectivity index (χ3v) is 3.69. The zero-order chi connectivity index (χ0) is 15.1. The van der Waals surface area contributed by atoms with Crippen LogP contribution in [0.1, 0.15) is 11.1 Å². The first kappa shape index (κ1) is 13.8. The normalized spacial score (nSPS) is 15.1. The van der Waals surface area contributed by atoms with E-state index in [0.29, 0.717) is 33.1 Å². The summed E-state index contributed by atoms with van der Waals surface area (Å²) in [4.78, 5) is 12.1. The lowest BCUT2D eigenvalue weighted by molar-refractivity contribution is -0.110. The van der Waals surface area contributed by atoms with Gasteiger partial charge in [-0.3, -0.25) is 4.79 Å². The third-order valence-electron chi connectivity index (χ3n) is 3.18. The van der Waals surface area contributed by atoms with E-state index >= 15 is 0 Å². The van der Waals surface area contributed by atoms with Crippen molar-refractivity contribution in [2.24, 2.45) is 0 Å². The number of hydrogen-bond acceptors (Lipinski definition) is 3. The fourth-order valence-electron chi connectivity index (χ4n) is 2.21. The van der Waals surface area contributed by atoms with Gasteiger partial charge < -0.3 is 16.2 Å². The van der Waals surface area contributed by atoms with Crippen LogP contribution in [0.15, 0.2) is 30.3 Å². The highest BCUT2D eigenvalue weighted by Gasteiger charge is 2.24. The molecule has 21 heavy (non-hydrogen) atoms. The number of nitrogen functional groups attached to an aromatic ring is 1. The molecule has 1 amide bonds. The van der Waals surface area contributed by atoms with Crippen LogP contribution in [0.4, 0.5) is 11.4 Å². The van der Waals surface area contributed by atoms with Crippen LogP contribution in [0, 0.1) is 0 Å². The number of anilines is 2. The Morgan fingerprint density at radius 1 is 1.19 bits per heavy atom. The SMILES string of the molecule is Nc1ccc2c(c1)NC(=O)C2=Cc1cc(Cl)cc(Cl)c1O. The van der Waals surface area contributed by atoms with Gasteiger partial charge in [-0.2, -0.15) is 0 Å². The number of amides is 1. The molecule has 0 aromatic heterocycles. The van der Waals surface area contributed by atoms with Crippen LogP contribution in [0.2, 0.25) is 10.0 Å². The van der Waals surface area contributed by atoms with E-state index in [1.165, 1.54) is 6.07 Å². The Kier molecular flexibility index (Phi) is 3.27. The number of phenols is 1. The molecule has 0 aliphatic carbocycles. The van der Waals surface area contributed by atoms with E-state index in [1.54, 1.807) is 30.3 Å². The second kappa shape index (κ2) is 4.98. The molecule has 0 saturated heterocycles. The van der Waals surface area contributed by atoms with Crippen LogP contribution in [0.3, 0.4) is 0 Å². The largest absolute Gasteiger partial charge is 0.506 e. The van der Waals surface area contributed by atoms with E-state index in [9.17, 15) is 9.90 Å². The van der Waals surface area contributed by atoms with Crippen LogP contribution in [-0.2, 0) is 4.79 Å². The van der Waals surface area contributed by atoms with Crippen molar-refractivity contribution in [1.82, 2.24) is 0 Å². The lowest BCUT2D eigenvalue weighted by Gasteiger charge is -2.04. The van der Waals surface area contributed by atoms with E-state index < -0.39 is 0 Å². The van der Waals surface area contributed by atoms with Crippen molar-refractivity contribution in [1.29, 1.82) is 0 Å². The van der Waals surface area contributed by atoms with Gasteiger partial charge in [-0.1, -0.05) is 29.3 Å². The number of benzene rings is 2. The molecule has 3 rings (SSSR count). The predicted molar refractivity (Wildman–Crippen MR) is 85.5 cm³/mol. The molecule has 0 saturated carbocycles. The zero-order valence-electron chi connectivity index (χ0n) is 10.7. The van der Waals surface area contributed by atoms with Gasteiger partial charge in [0.1, 0.15) is 5.75 Å². The Bertz CT molecular complexity index is 801. The Labute approximate surface area is 130 Å². The second-order valence-corrected chi connectivity index (χ2v) is 5.49. The minimum Gasteiger partial charge on any atom is -0.506 e. The molecule has 1 aliphatic heterocycles. The van der Waals surface area contributed by atoms with Gasteiger partial charge in [0, 0.05) is 27.4 Å². The quantitative estimate of drug-likeness (QED) is 0.553. The summed E-state index contributed by atoms with van der Waals surface area (Å²) in [5.41, 5.74) is 8.39. The van der Waals surface area contributed by atoms with Crippen molar-refractivity contribution in [3.8, 4) is 5.75 Å². The Hall–Kier alpha value is -2.17. The lowest BCUT2D eigenvalue weighted by Crippen LogP contribution is -2.03. The van der Waals surface area contributed by atoms with Gasteiger partial charge in [-0.05, 0) is 30.3 Å². The highest BCUT2D eigenvalue weighted by Crippen LogP contribution is 2.38. The average molecular weight is 321 g/mol. The van der Waals surface area contributed by atoms with E-state index in [1.807, 2.05) is 0 Å². The fraction of sp³-hybridized carbons (Fsp3) is 0. The monoisotopic (exact) mass is 320 g/mol. The van der Waals surface area contributed by atoms with Crippen LogP contribution in [0.25, 0.3) is 11.6 Å². The van der Waals surface area contributed by atoms with Gasteiger partial charge >= 0.3 is 0 Å². The maximum absolute atomic E-state index is 12.1. The molecular weight excluding hydrogens is 311 g/mol. The standard InChI is InChI=1S/C15H10Cl2N2O2/c16-8-3-7(14(20)12(17)5-8)4-11-10-2-1-9(18)6-13(10)19-15(11)21/h1-6,20H,18H2,(H,19,21). The van der Waals surface area contributed by atoms with Gasteiger partial charge in [0.25, 0.3) is 5.91 Å². The van der Waals surface area contributed by atoms with Crippen molar-refractivity contribution in [3.63, 3.8) is 0 Å². The summed E-state index contributed by atoms with van der Waals surface area (Å²) in [6, 6.07) is 8.11. The number of aromatic hydroxyl groups is 1. The van der Waals surface area contributed by atoms with Crippen molar-refractivity contribution in [3.05, 3.63) is 51.5 Å². The Morgan fingerprint density at radius 2 is 1.95 bits per heavy atom. The molecule has 4 nitrogen and oxygen atoms in total. The summed E-state index contributed by atoms with van der Waals surface area (Å²) in [5.74, 6) is -0.392. The van der Waals surface area contributed by atoms with Gasteiger partial charge in [-0.15, -0.1) is 0 Å². The molecule has 1 heterocycles. The molecule has 1 aliphatic rings. The minimum atomic E-state index is -0.272. The predicted octanol–water partition coefficient (Wildman–Crippen LogP) is 3.77. The van der Waals surface area contributed by atoms with Crippen molar-refractivity contribution in [2.75, 3.05) is 11.1 Å². The summed E-state index contributed by atoms with van der Waals surface area (Å²) in [6.45, 7) is 0. The number of carbonyl (C=O) groups is 1.